The first-order chi connectivity index (χ1) is 6.87. The lowest BCUT2D eigenvalue weighted by atomic mass is 10.1. The molecule has 0 saturated carbocycles. The number of carbonyl (C=O) groups is 1. The Hall–Kier alpha value is -1.45. The number of furan rings is 1. The maximum Gasteiger partial charge on any atom is 0.315 e. The maximum atomic E-state index is 11.4. The van der Waals surface area contributed by atoms with E-state index < -0.39 is 0 Å². The molecule has 4 nitrogen and oxygen atoms in total. The van der Waals surface area contributed by atoms with Crippen LogP contribution >= 0.6 is 0 Å². The van der Waals surface area contributed by atoms with Crippen molar-refractivity contribution in [3.8, 4) is 0 Å². The van der Waals surface area contributed by atoms with Gasteiger partial charge in [-0.1, -0.05) is 0 Å². The lowest BCUT2D eigenvalue weighted by molar-refractivity contribution is 0.230. The van der Waals surface area contributed by atoms with Gasteiger partial charge in [-0.25, -0.2) is 4.79 Å². The maximum absolute atomic E-state index is 11.4. The van der Waals surface area contributed by atoms with E-state index in [0.717, 1.165) is 11.5 Å². The van der Waals surface area contributed by atoms with E-state index in [-0.39, 0.29) is 11.6 Å². The molecule has 0 aromatic carbocycles. The second kappa shape index (κ2) is 4.38. The topological polar surface area (TPSA) is 54.3 Å². The van der Waals surface area contributed by atoms with Crippen LogP contribution in [0.4, 0.5) is 4.79 Å². The second-order valence-electron chi connectivity index (χ2n) is 4.57. The van der Waals surface area contributed by atoms with E-state index in [1.165, 1.54) is 0 Å². The summed E-state index contributed by atoms with van der Waals surface area (Å²) in [4.78, 5) is 11.4. The van der Waals surface area contributed by atoms with Gasteiger partial charge in [0.1, 0.15) is 11.5 Å². The van der Waals surface area contributed by atoms with Crippen molar-refractivity contribution in [2.75, 3.05) is 0 Å². The van der Waals surface area contributed by atoms with E-state index in [1.54, 1.807) is 0 Å². The van der Waals surface area contributed by atoms with Crippen molar-refractivity contribution in [3.63, 3.8) is 0 Å². The van der Waals surface area contributed by atoms with Gasteiger partial charge in [-0.2, -0.15) is 0 Å². The molecule has 4 heteroatoms. The molecule has 0 aliphatic heterocycles. The number of rotatable bonds is 2. The number of hydrogen-bond donors (Lipinski definition) is 2. The number of carbonyl (C=O) groups excluding carboxylic acids is 1. The first kappa shape index (κ1) is 11.6. The first-order valence-electron chi connectivity index (χ1n) is 4.98. The molecule has 1 aromatic heterocycles. The molecular formula is C11H18N2O2. The standard InChI is InChI=1S/C11H18N2O2/c1-8-5-6-9(15-8)7-12-10(14)13-11(2,3)4/h5-6H,7H2,1-4H3,(H2,12,13,14). The molecule has 1 heterocycles. The molecule has 1 aromatic rings. The van der Waals surface area contributed by atoms with E-state index in [2.05, 4.69) is 10.6 Å². The zero-order valence-electron chi connectivity index (χ0n) is 9.68. The van der Waals surface area contributed by atoms with Gasteiger partial charge >= 0.3 is 6.03 Å². The molecule has 0 atom stereocenters. The number of urea groups is 1. The van der Waals surface area contributed by atoms with Crippen LogP contribution in [0.15, 0.2) is 16.5 Å². The SMILES string of the molecule is Cc1ccc(CNC(=O)NC(C)(C)C)o1. The van der Waals surface area contributed by atoms with Crippen molar-refractivity contribution in [1.29, 1.82) is 0 Å². The van der Waals surface area contributed by atoms with Crippen LogP contribution in [0.3, 0.4) is 0 Å². The molecule has 84 valence electrons. The van der Waals surface area contributed by atoms with Crippen molar-refractivity contribution >= 4 is 6.03 Å². The van der Waals surface area contributed by atoms with Gasteiger partial charge < -0.3 is 15.1 Å². The van der Waals surface area contributed by atoms with Crippen LogP contribution in [0.5, 0.6) is 0 Å². The minimum atomic E-state index is -0.219. The Morgan fingerprint density at radius 2 is 2.07 bits per heavy atom. The lowest BCUT2D eigenvalue weighted by Crippen LogP contribution is -2.46. The monoisotopic (exact) mass is 210 g/mol. The summed E-state index contributed by atoms with van der Waals surface area (Å²) in [6.45, 7) is 8.09. The van der Waals surface area contributed by atoms with Crippen LogP contribution in [-0.2, 0) is 6.54 Å². The van der Waals surface area contributed by atoms with Crippen molar-refractivity contribution in [1.82, 2.24) is 10.6 Å². The number of nitrogens with one attached hydrogen (secondary N) is 2. The molecule has 0 aliphatic rings. The molecule has 0 aliphatic carbocycles. The highest BCUT2D eigenvalue weighted by Gasteiger charge is 2.13. The molecule has 2 amide bonds. The van der Waals surface area contributed by atoms with Crippen LogP contribution < -0.4 is 10.6 Å². The van der Waals surface area contributed by atoms with Gasteiger partial charge in [-0.3, -0.25) is 0 Å². The summed E-state index contributed by atoms with van der Waals surface area (Å²) in [7, 11) is 0. The largest absolute Gasteiger partial charge is 0.465 e. The van der Waals surface area contributed by atoms with E-state index in [4.69, 9.17) is 4.42 Å². The minimum absolute atomic E-state index is 0.184. The summed E-state index contributed by atoms with van der Waals surface area (Å²) in [5, 5.41) is 5.53. The molecule has 0 unspecified atom stereocenters. The van der Waals surface area contributed by atoms with Crippen molar-refractivity contribution in [2.45, 2.75) is 39.8 Å². The van der Waals surface area contributed by atoms with Crippen molar-refractivity contribution in [2.24, 2.45) is 0 Å². The molecule has 15 heavy (non-hydrogen) atoms. The molecule has 0 radical (unpaired) electrons. The fraction of sp³-hybridized carbons (Fsp3) is 0.545. The zero-order valence-corrected chi connectivity index (χ0v) is 9.68. The summed E-state index contributed by atoms with van der Waals surface area (Å²) < 4.78 is 5.32. The van der Waals surface area contributed by atoms with Gasteiger partial charge in [-0.15, -0.1) is 0 Å². The zero-order chi connectivity index (χ0) is 11.5. The Morgan fingerprint density at radius 3 is 2.53 bits per heavy atom. The van der Waals surface area contributed by atoms with Crippen molar-refractivity contribution < 1.29 is 9.21 Å². The molecule has 1 rings (SSSR count). The highest BCUT2D eigenvalue weighted by atomic mass is 16.3. The Bertz CT molecular complexity index is 337. The number of amides is 2. The molecule has 0 saturated heterocycles. The molecule has 0 bridgehead atoms. The molecular weight excluding hydrogens is 192 g/mol. The van der Waals surface area contributed by atoms with Crippen LogP contribution in [0.1, 0.15) is 32.3 Å². The highest BCUT2D eigenvalue weighted by molar-refractivity contribution is 5.74. The summed E-state index contributed by atoms with van der Waals surface area (Å²) in [6, 6.07) is 3.54. The predicted molar refractivity (Wildman–Crippen MR) is 58.6 cm³/mol. The predicted octanol–water partition coefficient (Wildman–Crippen LogP) is 2.19. The summed E-state index contributed by atoms with van der Waals surface area (Å²) >= 11 is 0. The summed E-state index contributed by atoms with van der Waals surface area (Å²) in [6.07, 6.45) is 0. The van der Waals surface area contributed by atoms with Gasteiger partial charge in [0.05, 0.1) is 6.54 Å². The lowest BCUT2D eigenvalue weighted by Gasteiger charge is -2.20. The average Bonchev–Trinajstić information content (AvgIpc) is 2.45. The third-order valence-corrected chi connectivity index (χ3v) is 1.71. The molecule has 0 fully saturated rings. The van der Waals surface area contributed by atoms with E-state index in [9.17, 15) is 4.79 Å². The Kier molecular flexibility index (Phi) is 3.39. The van der Waals surface area contributed by atoms with Crippen LogP contribution in [-0.4, -0.2) is 11.6 Å². The third-order valence-electron chi connectivity index (χ3n) is 1.71. The highest BCUT2D eigenvalue weighted by Crippen LogP contribution is 2.05. The Morgan fingerprint density at radius 1 is 1.40 bits per heavy atom. The van der Waals surface area contributed by atoms with Crippen LogP contribution in [0.25, 0.3) is 0 Å². The van der Waals surface area contributed by atoms with E-state index in [0.29, 0.717) is 6.54 Å². The Balaban J connectivity index is 2.35. The van der Waals surface area contributed by atoms with Gasteiger partial charge in [0, 0.05) is 5.54 Å². The Labute approximate surface area is 90.0 Å². The first-order valence-corrected chi connectivity index (χ1v) is 4.98. The van der Waals surface area contributed by atoms with E-state index in [1.807, 2.05) is 39.8 Å². The minimum Gasteiger partial charge on any atom is -0.465 e. The average molecular weight is 210 g/mol. The smallest absolute Gasteiger partial charge is 0.315 e. The van der Waals surface area contributed by atoms with Crippen molar-refractivity contribution in [3.05, 3.63) is 23.7 Å². The molecule has 0 spiro atoms. The number of aryl methyl sites for hydroxylation is 1. The van der Waals surface area contributed by atoms with Crippen LogP contribution in [0, 0.1) is 6.92 Å². The van der Waals surface area contributed by atoms with Crippen LogP contribution in [0.2, 0.25) is 0 Å². The summed E-state index contributed by atoms with van der Waals surface area (Å²) in [5.41, 5.74) is -0.219. The fourth-order valence-electron chi connectivity index (χ4n) is 1.13. The fourth-order valence-corrected chi connectivity index (χ4v) is 1.13. The normalized spacial score (nSPS) is 11.2. The van der Waals surface area contributed by atoms with E-state index >= 15 is 0 Å². The third kappa shape index (κ3) is 4.54. The van der Waals surface area contributed by atoms with Gasteiger partial charge in [0.25, 0.3) is 0 Å². The van der Waals surface area contributed by atoms with Gasteiger partial charge in [0.2, 0.25) is 0 Å². The quantitative estimate of drug-likeness (QED) is 0.786. The number of hydrogen-bond acceptors (Lipinski definition) is 2. The van der Waals surface area contributed by atoms with Gasteiger partial charge in [-0.05, 0) is 39.8 Å². The summed E-state index contributed by atoms with van der Waals surface area (Å²) in [5.74, 6) is 1.61. The second-order valence-corrected chi connectivity index (χ2v) is 4.57. The van der Waals surface area contributed by atoms with Gasteiger partial charge in [0.15, 0.2) is 0 Å². The molecule has 2 N–H and O–H groups in total.